The molecule has 16 heavy (non-hydrogen) atoms. The van der Waals surface area contributed by atoms with Crippen LogP contribution in [0, 0.1) is 5.41 Å². The minimum Gasteiger partial charge on any atom is -0.396 e. The number of nitrogens with zero attached hydrogens (tertiary/aromatic N) is 1. The van der Waals surface area contributed by atoms with Gasteiger partial charge in [-0.05, 0) is 50.6 Å². The van der Waals surface area contributed by atoms with Crippen molar-refractivity contribution in [3.8, 4) is 0 Å². The van der Waals surface area contributed by atoms with E-state index in [-0.39, 0.29) is 5.41 Å². The number of nitrogens with two attached hydrogens (primary N) is 1. The van der Waals surface area contributed by atoms with Crippen LogP contribution in [0.25, 0.3) is 0 Å². The molecular weight excluding hydrogens is 200 g/mol. The molecule has 0 spiro atoms. The van der Waals surface area contributed by atoms with Gasteiger partial charge in [0, 0.05) is 19.2 Å². The highest BCUT2D eigenvalue weighted by Crippen LogP contribution is 2.28. The highest BCUT2D eigenvalue weighted by atomic mass is 16.2. The second-order valence-electron chi connectivity index (χ2n) is 5.50. The predicted octanol–water partition coefficient (Wildman–Crippen LogP) is 1.60. The zero-order chi connectivity index (χ0) is 12.0. The van der Waals surface area contributed by atoms with Gasteiger partial charge in [-0.25, -0.2) is 0 Å². The minimum absolute atomic E-state index is 0.266. The normalized spacial score (nSPS) is 25.9. The lowest BCUT2D eigenvalue weighted by Gasteiger charge is -2.35. The first-order valence-electron chi connectivity index (χ1n) is 6.70. The van der Waals surface area contributed by atoms with Gasteiger partial charge in [-0.3, -0.25) is 4.90 Å². The molecule has 1 fully saturated rings. The van der Waals surface area contributed by atoms with Crippen LogP contribution in [0.1, 0.15) is 46.0 Å². The van der Waals surface area contributed by atoms with Gasteiger partial charge in [-0.15, -0.1) is 0 Å². The van der Waals surface area contributed by atoms with Crippen molar-refractivity contribution in [3.63, 3.8) is 0 Å². The van der Waals surface area contributed by atoms with E-state index in [1.165, 1.54) is 19.4 Å². The van der Waals surface area contributed by atoms with Crippen LogP contribution in [-0.2, 0) is 0 Å². The Kier molecular flexibility index (Phi) is 5.73. The predicted molar refractivity (Wildman–Crippen MR) is 68.4 cm³/mol. The lowest BCUT2D eigenvalue weighted by atomic mass is 9.87. The monoisotopic (exact) mass is 228 g/mol. The van der Waals surface area contributed by atoms with E-state index in [2.05, 4.69) is 18.7 Å². The van der Waals surface area contributed by atoms with Crippen molar-refractivity contribution < 1.29 is 5.11 Å². The van der Waals surface area contributed by atoms with Gasteiger partial charge in [0.05, 0.1) is 0 Å². The number of hydrogen-bond acceptors (Lipinski definition) is 3. The lowest BCUT2D eigenvalue weighted by molar-refractivity contribution is 0.141. The summed E-state index contributed by atoms with van der Waals surface area (Å²) in [6.07, 6.45) is 5.82. The minimum atomic E-state index is 0.266. The van der Waals surface area contributed by atoms with Gasteiger partial charge in [0.1, 0.15) is 0 Å². The maximum atomic E-state index is 8.90. The summed E-state index contributed by atoms with van der Waals surface area (Å²) in [5.74, 6) is 0. The van der Waals surface area contributed by atoms with Gasteiger partial charge in [-0.2, -0.15) is 0 Å². The molecule has 3 N–H and O–H groups in total. The molecule has 3 nitrogen and oxygen atoms in total. The molecule has 0 aliphatic carbocycles. The third kappa shape index (κ3) is 3.72. The summed E-state index contributed by atoms with van der Waals surface area (Å²) in [6, 6.07) is 0.685. The molecule has 0 saturated carbocycles. The van der Waals surface area contributed by atoms with Crippen LogP contribution < -0.4 is 5.73 Å². The van der Waals surface area contributed by atoms with E-state index < -0.39 is 0 Å². The van der Waals surface area contributed by atoms with Gasteiger partial charge in [0.2, 0.25) is 0 Å². The van der Waals surface area contributed by atoms with Crippen LogP contribution in [0.3, 0.4) is 0 Å². The lowest BCUT2D eigenvalue weighted by Crippen LogP contribution is -2.42. The van der Waals surface area contributed by atoms with Gasteiger partial charge >= 0.3 is 0 Å². The molecule has 2 atom stereocenters. The molecule has 1 aliphatic rings. The van der Waals surface area contributed by atoms with Crippen LogP contribution in [0.2, 0.25) is 0 Å². The number of hydrogen-bond donors (Lipinski definition) is 2. The van der Waals surface area contributed by atoms with E-state index in [0.717, 1.165) is 32.4 Å². The topological polar surface area (TPSA) is 49.5 Å². The first kappa shape index (κ1) is 13.9. The molecule has 96 valence electrons. The van der Waals surface area contributed by atoms with Crippen molar-refractivity contribution in [1.82, 2.24) is 4.90 Å². The molecular formula is C13H28N2O. The first-order valence-corrected chi connectivity index (χ1v) is 6.70. The molecule has 1 rings (SSSR count). The Morgan fingerprint density at radius 2 is 2.25 bits per heavy atom. The molecule has 0 aromatic carbocycles. The zero-order valence-corrected chi connectivity index (χ0v) is 10.9. The standard InChI is InChI=1S/C13H28N2O/c1-3-13(2,10-14)11-15-8-4-6-12(15)7-5-9-16/h12,16H,3-11,14H2,1-2H3. The van der Waals surface area contributed by atoms with E-state index >= 15 is 0 Å². The van der Waals surface area contributed by atoms with Crippen molar-refractivity contribution in [2.75, 3.05) is 26.2 Å². The summed E-state index contributed by atoms with van der Waals surface area (Å²) >= 11 is 0. The van der Waals surface area contributed by atoms with E-state index in [1.54, 1.807) is 0 Å². The Bertz CT molecular complexity index is 192. The summed E-state index contributed by atoms with van der Waals surface area (Å²) in [7, 11) is 0. The second kappa shape index (κ2) is 6.58. The Morgan fingerprint density at radius 1 is 1.50 bits per heavy atom. The molecule has 0 amide bonds. The highest BCUT2D eigenvalue weighted by molar-refractivity contribution is 4.85. The largest absolute Gasteiger partial charge is 0.396 e. The average Bonchev–Trinajstić information content (AvgIpc) is 2.73. The summed E-state index contributed by atoms with van der Waals surface area (Å²) in [5, 5.41) is 8.90. The smallest absolute Gasteiger partial charge is 0.0431 e. The van der Waals surface area contributed by atoms with E-state index in [9.17, 15) is 0 Å². The van der Waals surface area contributed by atoms with Crippen molar-refractivity contribution in [1.29, 1.82) is 0 Å². The Balaban J connectivity index is 2.45. The van der Waals surface area contributed by atoms with Crippen molar-refractivity contribution in [2.45, 2.75) is 52.0 Å². The second-order valence-corrected chi connectivity index (χ2v) is 5.50. The van der Waals surface area contributed by atoms with Gasteiger partial charge in [0.15, 0.2) is 0 Å². The SMILES string of the molecule is CCC(C)(CN)CN1CCCC1CCCO. The maximum Gasteiger partial charge on any atom is 0.0431 e. The number of rotatable bonds is 7. The summed E-state index contributed by atoms with van der Waals surface area (Å²) < 4.78 is 0. The summed E-state index contributed by atoms with van der Waals surface area (Å²) in [4.78, 5) is 2.59. The molecule has 0 aromatic heterocycles. The fourth-order valence-electron chi connectivity index (χ4n) is 2.57. The molecule has 1 aliphatic heterocycles. The Hall–Kier alpha value is -0.120. The zero-order valence-electron chi connectivity index (χ0n) is 10.9. The van der Waals surface area contributed by atoms with Gasteiger partial charge in [0.25, 0.3) is 0 Å². The first-order chi connectivity index (χ1) is 7.65. The van der Waals surface area contributed by atoms with Crippen LogP contribution >= 0.6 is 0 Å². The Morgan fingerprint density at radius 3 is 2.81 bits per heavy atom. The van der Waals surface area contributed by atoms with Crippen LogP contribution in [-0.4, -0.2) is 42.3 Å². The van der Waals surface area contributed by atoms with Gasteiger partial charge in [-0.1, -0.05) is 13.8 Å². The third-order valence-corrected chi connectivity index (χ3v) is 4.13. The van der Waals surface area contributed by atoms with Gasteiger partial charge < -0.3 is 10.8 Å². The molecule has 1 saturated heterocycles. The summed E-state index contributed by atoms with van der Waals surface area (Å²) in [5.41, 5.74) is 6.14. The average molecular weight is 228 g/mol. The molecule has 0 radical (unpaired) electrons. The molecule has 0 bridgehead atoms. The Labute approximate surface area is 100 Å². The van der Waals surface area contributed by atoms with E-state index in [1.807, 2.05) is 0 Å². The van der Waals surface area contributed by atoms with Crippen molar-refractivity contribution in [2.24, 2.45) is 11.1 Å². The molecule has 3 heteroatoms. The van der Waals surface area contributed by atoms with Crippen LogP contribution in [0.15, 0.2) is 0 Å². The molecule has 0 aromatic rings. The third-order valence-electron chi connectivity index (χ3n) is 4.13. The van der Waals surface area contributed by atoms with Crippen LogP contribution in [0.4, 0.5) is 0 Å². The quantitative estimate of drug-likeness (QED) is 0.696. The summed E-state index contributed by atoms with van der Waals surface area (Å²) in [6.45, 7) is 7.95. The van der Waals surface area contributed by atoms with Crippen LogP contribution in [0.5, 0.6) is 0 Å². The maximum absolute atomic E-state index is 8.90. The van der Waals surface area contributed by atoms with E-state index in [4.69, 9.17) is 10.8 Å². The highest BCUT2D eigenvalue weighted by Gasteiger charge is 2.30. The van der Waals surface area contributed by atoms with E-state index in [0.29, 0.717) is 12.6 Å². The number of aliphatic hydroxyl groups excluding tert-OH is 1. The van der Waals surface area contributed by atoms with Crippen molar-refractivity contribution in [3.05, 3.63) is 0 Å². The fraction of sp³-hybridized carbons (Fsp3) is 1.00. The van der Waals surface area contributed by atoms with Crippen molar-refractivity contribution >= 4 is 0 Å². The number of aliphatic hydroxyl groups is 1. The molecule has 2 unspecified atom stereocenters. The fourth-order valence-corrected chi connectivity index (χ4v) is 2.57. The molecule has 1 heterocycles. The number of likely N-dealkylation sites (tertiary alicyclic amines) is 1.